The average molecular weight is 424 g/mol. The molecule has 1 aromatic heterocycles. The quantitative estimate of drug-likeness (QED) is 0.655. The van der Waals surface area contributed by atoms with Crippen molar-refractivity contribution >= 4 is 5.91 Å². The Labute approximate surface area is 186 Å². The van der Waals surface area contributed by atoms with E-state index in [0.717, 1.165) is 39.1 Å². The molecule has 0 spiro atoms. The van der Waals surface area contributed by atoms with Crippen LogP contribution in [0.1, 0.15) is 40.9 Å². The maximum Gasteiger partial charge on any atom is 0.272 e. The molecule has 168 valence electrons. The van der Waals surface area contributed by atoms with Gasteiger partial charge in [-0.15, -0.1) is 0 Å². The minimum Gasteiger partial charge on any atom is -0.337 e. The van der Waals surface area contributed by atoms with Crippen LogP contribution in [0.3, 0.4) is 0 Å². The molecular weight excluding hydrogens is 386 g/mol. The number of hydrogen-bond donors (Lipinski definition) is 0. The Hall–Kier alpha value is -2.18. The molecule has 0 bridgehead atoms. The van der Waals surface area contributed by atoms with Crippen molar-refractivity contribution in [2.75, 3.05) is 46.8 Å². The van der Waals surface area contributed by atoms with E-state index in [1.165, 1.54) is 36.8 Å². The van der Waals surface area contributed by atoms with E-state index in [9.17, 15) is 4.79 Å². The molecule has 1 aliphatic heterocycles. The van der Waals surface area contributed by atoms with Crippen LogP contribution in [0, 0.1) is 5.92 Å². The van der Waals surface area contributed by atoms with E-state index in [0.29, 0.717) is 17.7 Å². The molecule has 31 heavy (non-hydrogen) atoms. The highest BCUT2D eigenvalue weighted by Gasteiger charge is 2.31. The van der Waals surface area contributed by atoms with Crippen molar-refractivity contribution in [2.24, 2.45) is 13.0 Å². The molecule has 0 N–H and O–H groups in total. The van der Waals surface area contributed by atoms with Crippen LogP contribution in [0.25, 0.3) is 0 Å². The summed E-state index contributed by atoms with van der Waals surface area (Å²) in [6.07, 6.45) is 7.44. The van der Waals surface area contributed by atoms with Crippen molar-refractivity contribution < 1.29 is 4.79 Å². The molecule has 1 fully saturated rings. The molecule has 0 radical (unpaired) electrons. The first-order chi connectivity index (χ1) is 15.0. The van der Waals surface area contributed by atoms with Crippen LogP contribution in [0.2, 0.25) is 0 Å². The number of amides is 1. The summed E-state index contributed by atoms with van der Waals surface area (Å²) in [5, 5.41) is 4.20. The smallest absolute Gasteiger partial charge is 0.272 e. The zero-order chi connectivity index (χ0) is 21.8. The fourth-order valence-electron chi connectivity index (χ4n) is 5.21. The van der Waals surface area contributed by atoms with Crippen molar-refractivity contribution in [3.63, 3.8) is 0 Å². The second kappa shape index (κ2) is 9.96. The number of aromatic nitrogens is 2. The fourth-order valence-corrected chi connectivity index (χ4v) is 5.21. The largest absolute Gasteiger partial charge is 0.337 e. The molecule has 6 heteroatoms. The lowest BCUT2D eigenvalue weighted by molar-refractivity contribution is 0.0650. The van der Waals surface area contributed by atoms with Crippen LogP contribution in [0.15, 0.2) is 36.5 Å². The summed E-state index contributed by atoms with van der Waals surface area (Å²) >= 11 is 0. The summed E-state index contributed by atoms with van der Waals surface area (Å²) in [7, 11) is 6.03. The number of piperidine rings is 1. The summed E-state index contributed by atoms with van der Waals surface area (Å²) in [6.45, 7) is 4.95. The monoisotopic (exact) mass is 423 g/mol. The van der Waals surface area contributed by atoms with Gasteiger partial charge in [0.25, 0.3) is 5.91 Å². The van der Waals surface area contributed by atoms with Gasteiger partial charge in [-0.25, -0.2) is 0 Å². The van der Waals surface area contributed by atoms with Crippen LogP contribution < -0.4 is 0 Å². The zero-order valence-electron chi connectivity index (χ0n) is 19.3. The fraction of sp³-hybridized carbons (Fsp3) is 0.600. The molecule has 2 heterocycles. The standard InChI is InChI=1S/C25H37N5O/c1-27(2)13-6-14-30(25(31)24-9-12-26-28(24)3)19-20-10-15-29(16-11-20)23-17-21-7-4-5-8-22(21)18-23/h4-5,7-9,12,20,23H,6,10-11,13-19H2,1-3H3. The Morgan fingerprint density at radius 1 is 1.06 bits per heavy atom. The third-order valence-electron chi connectivity index (χ3n) is 7.03. The first kappa shape index (κ1) is 22.0. The number of nitrogens with zero attached hydrogens (tertiary/aromatic N) is 5. The number of carbonyl (C=O) groups excluding carboxylic acids is 1. The maximum atomic E-state index is 13.2. The Bertz CT molecular complexity index is 843. The molecule has 1 aromatic carbocycles. The number of benzene rings is 1. The Morgan fingerprint density at radius 2 is 1.74 bits per heavy atom. The normalized spacial score (nSPS) is 17.9. The number of rotatable bonds is 8. The third-order valence-corrected chi connectivity index (χ3v) is 7.03. The van der Waals surface area contributed by atoms with Gasteiger partial charge in [-0.05, 0) is 88.9 Å². The van der Waals surface area contributed by atoms with E-state index in [-0.39, 0.29) is 5.91 Å². The van der Waals surface area contributed by atoms with Crippen molar-refractivity contribution in [3.05, 3.63) is 53.3 Å². The first-order valence-corrected chi connectivity index (χ1v) is 11.7. The first-order valence-electron chi connectivity index (χ1n) is 11.7. The molecule has 1 aliphatic carbocycles. The molecule has 0 saturated carbocycles. The van der Waals surface area contributed by atoms with Gasteiger partial charge in [0.2, 0.25) is 0 Å². The van der Waals surface area contributed by atoms with E-state index in [4.69, 9.17) is 0 Å². The van der Waals surface area contributed by atoms with Gasteiger partial charge in [0.1, 0.15) is 5.69 Å². The van der Waals surface area contributed by atoms with Gasteiger partial charge in [0.05, 0.1) is 0 Å². The van der Waals surface area contributed by atoms with Gasteiger partial charge in [-0.2, -0.15) is 5.10 Å². The lowest BCUT2D eigenvalue weighted by Crippen LogP contribution is -2.45. The van der Waals surface area contributed by atoms with Crippen LogP contribution in [-0.2, 0) is 19.9 Å². The Kier molecular flexibility index (Phi) is 7.08. The number of fused-ring (bicyclic) bond motifs is 1. The molecule has 2 aromatic rings. The zero-order valence-corrected chi connectivity index (χ0v) is 19.3. The average Bonchev–Trinajstić information content (AvgIpc) is 3.39. The van der Waals surface area contributed by atoms with Gasteiger partial charge in [0, 0.05) is 32.4 Å². The van der Waals surface area contributed by atoms with Gasteiger partial charge in [-0.3, -0.25) is 14.4 Å². The lowest BCUT2D eigenvalue weighted by atomic mass is 9.94. The van der Waals surface area contributed by atoms with Crippen molar-refractivity contribution in [3.8, 4) is 0 Å². The van der Waals surface area contributed by atoms with Crippen molar-refractivity contribution in [1.82, 2.24) is 24.5 Å². The van der Waals surface area contributed by atoms with Crippen molar-refractivity contribution in [1.29, 1.82) is 0 Å². The molecule has 1 amide bonds. The minimum absolute atomic E-state index is 0.118. The Balaban J connectivity index is 1.32. The van der Waals surface area contributed by atoms with Crippen LogP contribution >= 0.6 is 0 Å². The second-order valence-electron chi connectivity index (χ2n) is 9.56. The highest BCUT2D eigenvalue weighted by Crippen LogP contribution is 2.29. The minimum atomic E-state index is 0.118. The van der Waals surface area contributed by atoms with Gasteiger partial charge in [0.15, 0.2) is 0 Å². The van der Waals surface area contributed by atoms with Crippen molar-refractivity contribution in [2.45, 2.75) is 38.1 Å². The van der Waals surface area contributed by atoms with Gasteiger partial charge >= 0.3 is 0 Å². The number of likely N-dealkylation sites (tertiary alicyclic amines) is 1. The maximum absolute atomic E-state index is 13.2. The van der Waals surface area contributed by atoms with E-state index in [2.05, 4.69) is 58.2 Å². The highest BCUT2D eigenvalue weighted by molar-refractivity contribution is 5.92. The molecular formula is C25H37N5O. The summed E-state index contributed by atoms with van der Waals surface area (Å²) in [6, 6.07) is 11.4. The summed E-state index contributed by atoms with van der Waals surface area (Å²) in [5.41, 5.74) is 3.75. The number of carbonyl (C=O) groups is 1. The molecule has 4 rings (SSSR count). The topological polar surface area (TPSA) is 44.6 Å². The van der Waals surface area contributed by atoms with E-state index < -0.39 is 0 Å². The van der Waals surface area contributed by atoms with E-state index >= 15 is 0 Å². The van der Waals surface area contributed by atoms with E-state index in [1.807, 2.05) is 13.1 Å². The SMILES string of the molecule is CN(C)CCCN(CC1CCN(C2Cc3ccccc3C2)CC1)C(=O)c1ccnn1C. The molecule has 0 atom stereocenters. The number of aryl methyl sites for hydroxylation is 1. The summed E-state index contributed by atoms with van der Waals surface area (Å²) in [5.74, 6) is 0.698. The third kappa shape index (κ3) is 5.36. The highest BCUT2D eigenvalue weighted by atomic mass is 16.2. The van der Waals surface area contributed by atoms with Crippen LogP contribution in [0.4, 0.5) is 0 Å². The summed E-state index contributed by atoms with van der Waals surface area (Å²) < 4.78 is 1.70. The molecule has 6 nitrogen and oxygen atoms in total. The lowest BCUT2D eigenvalue weighted by Gasteiger charge is -2.38. The summed E-state index contributed by atoms with van der Waals surface area (Å²) in [4.78, 5) is 20.2. The van der Waals surface area contributed by atoms with Gasteiger partial charge < -0.3 is 9.80 Å². The van der Waals surface area contributed by atoms with Crippen LogP contribution in [0.5, 0.6) is 0 Å². The predicted octanol–water partition coefficient (Wildman–Crippen LogP) is 2.69. The second-order valence-corrected chi connectivity index (χ2v) is 9.56. The predicted molar refractivity (Wildman–Crippen MR) is 124 cm³/mol. The molecule has 2 aliphatic rings. The molecule has 1 saturated heterocycles. The van der Waals surface area contributed by atoms with Gasteiger partial charge in [-0.1, -0.05) is 24.3 Å². The van der Waals surface area contributed by atoms with E-state index in [1.54, 1.807) is 10.9 Å². The number of hydrogen-bond acceptors (Lipinski definition) is 4. The van der Waals surface area contributed by atoms with Crippen LogP contribution in [-0.4, -0.2) is 83.2 Å². The molecule has 0 unspecified atom stereocenters. The Morgan fingerprint density at radius 3 is 2.32 bits per heavy atom.